The van der Waals surface area contributed by atoms with Crippen LogP contribution in [0.2, 0.25) is 0 Å². The third-order valence-corrected chi connectivity index (χ3v) is 5.42. The minimum absolute atomic E-state index is 0.0247. The topological polar surface area (TPSA) is 60.1 Å². The number of rotatable bonds is 8. The van der Waals surface area contributed by atoms with E-state index >= 15 is 0 Å². The molecule has 0 amide bonds. The van der Waals surface area contributed by atoms with E-state index < -0.39 is 12.2 Å². The molecule has 0 fully saturated rings. The van der Waals surface area contributed by atoms with E-state index in [1.165, 1.54) is 0 Å². The largest absolute Gasteiger partial charge is 0.490 e. The van der Waals surface area contributed by atoms with Crippen molar-refractivity contribution in [3.63, 3.8) is 0 Å². The summed E-state index contributed by atoms with van der Waals surface area (Å²) in [6, 6.07) is 7.67. The van der Waals surface area contributed by atoms with E-state index in [0.717, 1.165) is 12.0 Å². The third-order valence-electron chi connectivity index (χ3n) is 5.42. The van der Waals surface area contributed by atoms with Crippen LogP contribution in [0, 0.1) is 5.92 Å². The van der Waals surface area contributed by atoms with Gasteiger partial charge in [0.15, 0.2) is 5.96 Å². The number of benzene rings is 1. The first-order valence-electron chi connectivity index (χ1n) is 9.77. The van der Waals surface area contributed by atoms with Gasteiger partial charge in [-0.3, -0.25) is 0 Å². The lowest BCUT2D eigenvalue weighted by Crippen LogP contribution is -2.36. The molecule has 0 radical (unpaired) electrons. The van der Waals surface area contributed by atoms with Crippen molar-refractivity contribution in [2.24, 2.45) is 16.6 Å². The number of aliphatic imine (C=N–C) groups is 1. The predicted molar refractivity (Wildman–Crippen MR) is 114 cm³/mol. The van der Waals surface area contributed by atoms with Crippen molar-refractivity contribution in [2.45, 2.75) is 38.0 Å². The van der Waals surface area contributed by atoms with Gasteiger partial charge in [0.25, 0.3) is 0 Å². The molecule has 3 atom stereocenters. The van der Waals surface area contributed by atoms with Crippen molar-refractivity contribution < 1.29 is 18.3 Å². The maximum Gasteiger partial charge on any atom is 0.387 e. The molecule has 0 saturated carbocycles. The molecular formula is C23H27F2N3O2. The van der Waals surface area contributed by atoms with Crippen LogP contribution >= 0.6 is 0 Å². The van der Waals surface area contributed by atoms with Gasteiger partial charge >= 0.3 is 6.61 Å². The van der Waals surface area contributed by atoms with E-state index in [1.807, 2.05) is 50.4 Å². The molecule has 1 aliphatic heterocycles. The molecule has 30 heavy (non-hydrogen) atoms. The number of alkyl halides is 2. The number of likely N-dealkylation sites (N-methyl/N-ethyl adjacent to an activating group) is 1. The minimum atomic E-state index is -2.86. The lowest BCUT2D eigenvalue weighted by Gasteiger charge is -2.36. The normalized spacial score (nSPS) is 24.5. The summed E-state index contributed by atoms with van der Waals surface area (Å²) >= 11 is 0. The van der Waals surface area contributed by atoms with Crippen LogP contribution in [0.4, 0.5) is 8.78 Å². The first-order chi connectivity index (χ1) is 14.3. The zero-order chi connectivity index (χ0) is 21.9. The van der Waals surface area contributed by atoms with Crippen molar-refractivity contribution in [1.82, 2.24) is 4.90 Å². The van der Waals surface area contributed by atoms with Crippen molar-refractivity contribution in [3.05, 3.63) is 78.7 Å². The number of hydrogen-bond acceptors (Lipinski definition) is 5. The van der Waals surface area contributed by atoms with E-state index in [9.17, 15) is 8.78 Å². The van der Waals surface area contributed by atoms with Crippen LogP contribution in [0.15, 0.2) is 78.2 Å². The highest BCUT2D eigenvalue weighted by atomic mass is 19.3. The van der Waals surface area contributed by atoms with Gasteiger partial charge in [0.2, 0.25) is 0 Å². The smallest absolute Gasteiger partial charge is 0.387 e. The number of halogens is 2. The van der Waals surface area contributed by atoms with Crippen molar-refractivity contribution >= 4 is 5.96 Å². The van der Waals surface area contributed by atoms with Crippen molar-refractivity contribution in [2.75, 3.05) is 7.05 Å². The Hall–Kier alpha value is -3.09. The Morgan fingerprint density at radius 2 is 2.17 bits per heavy atom. The lowest BCUT2D eigenvalue weighted by molar-refractivity contribution is -0.0926. The van der Waals surface area contributed by atoms with Gasteiger partial charge in [-0.05, 0) is 43.2 Å². The predicted octanol–water partition coefficient (Wildman–Crippen LogP) is 4.70. The van der Waals surface area contributed by atoms with E-state index in [1.54, 1.807) is 17.1 Å². The van der Waals surface area contributed by atoms with Gasteiger partial charge in [-0.1, -0.05) is 30.9 Å². The van der Waals surface area contributed by atoms with Gasteiger partial charge in [-0.25, -0.2) is 4.99 Å². The average Bonchev–Trinajstić information content (AvgIpc) is 2.93. The Morgan fingerprint density at radius 3 is 2.73 bits per heavy atom. The van der Waals surface area contributed by atoms with Gasteiger partial charge in [0.1, 0.15) is 17.0 Å². The minimum Gasteiger partial charge on any atom is -0.490 e. The number of guanidine groups is 1. The van der Waals surface area contributed by atoms with Gasteiger partial charge in [-0.2, -0.15) is 8.78 Å². The molecule has 0 aromatic heterocycles. The summed E-state index contributed by atoms with van der Waals surface area (Å²) in [6.45, 7) is 7.11. The molecule has 0 bridgehead atoms. The Balaban J connectivity index is 1.98. The average molecular weight is 415 g/mol. The molecule has 1 aromatic rings. The van der Waals surface area contributed by atoms with Crippen LogP contribution in [0.1, 0.15) is 25.3 Å². The maximum absolute atomic E-state index is 12.5. The first kappa shape index (κ1) is 21.6. The van der Waals surface area contributed by atoms with E-state index in [-0.39, 0.29) is 17.8 Å². The molecule has 1 heterocycles. The third kappa shape index (κ3) is 4.10. The van der Waals surface area contributed by atoms with Crippen LogP contribution < -0.4 is 10.5 Å². The molecule has 1 unspecified atom stereocenters. The molecule has 7 heteroatoms. The number of nitrogens with two attached hydrogens (primary N) is 1. The highest BCUT2D eigenvalue weighted by Gasteiger charge is 2.48. The Morgan fingerprint density at radius 1 is 1.40 bits per heavy atom. The molecule has 0 saturated heterocycles. The number of allylic oxidation sites excluding steroid dienone is 2. The summed E-state index contributed by atoms with van der Waals surface area (Å²) in [6.07, 6.45) is 7.97. The fourth-order valence-corrected chi connectivity index (χ4v) is 3.88. The first-order valence-corrected chi connectivity index (χ1v) is 9.77. The summed E-state index contributed by atoms with van der Waals surface area (Å²) in [5.41, 5.74) is 6.85. The highest BCUT2D eigenvalue weighted by Crippen LogP contribution is 2.48. The molecule has 3 rings (SSSR count). The maximum atomic E-state index is 12.5. The molecule has 2 N–H and O–H groups in total. The summed E-state index contributed by atoms with van der Waals surface area (Å²) in [7, 11) is 1.81. The molecule has 160 valence electrons. The van der Waals surface area contributed by atoms with Crippen LogP contribution in [0.3, 0.4) is 0 Å². The molecule has 5 nitrogen and oxygen atoms in total. The lowest BCUT2D eigenvalue weighted by atomic mass is 9.73. The van der Waals surface area contributed by atoms with Crippen molar-refractivity contribution in [1.29, 1.82) is 0 Å². The van der Waals surface area contributed by atoms with E-state index in [2.05, 4.69) is 17.9 Å². The van der Waals surface area contributed by atoms with Crippen LogP contribution in [0.25, 0.3) is 0 Å². The summed E-state index contributed by atoms with van der Waals surface area (Å²) in [5, 5.41) is 0. The Bertz CT molecular complexity index is 909. The summed E-state index contributed by atoms with van der Waals surface area (Å²) < 4.78 is 35.6. The Labute approximate surface area is 175 Å². The zero-order valence-corrected chi connectivity index (χ0v) is 17.2. The molecule has 2 aliphatic rings. The van der Waals surface area contributed by atoms with Gasteiger partial charge in [0.05, 0.1) is 6.10 Å². The number of ether oxygens (including phenoxy) is 2. The second-order valence-electron chi connectivity index (χ2n) is 7.41. The fraction of sp³-hybridized carbons (Fsp3) is 0.348. The zero-order valence-electron chi connectivity index (χ0n) is 17.2. The van der Waals surface area contributed by atoms with E-state index in [0.29, 0.717) is 23.8 Å². The van der Waals surface area contributed by atoms with Crippen LogP contribution in [0.5, 0.6) is 5.75 Å². The van der Waals surface area contributed by atoms with Crippen molar-refractivity contribution in [3.8, 4) is 5.75 Å². The van der Waals surface area contributed by atoms with Crippen LogP contribution in [-0.4, -0.2) is 30.6 Å². The van der Waals surface area contributed by atoms with E-state index in [4.69, 9.17) is 15.5 Å². The van der Waals surface area contributed by atoms with Gasteiger partial charge in [-0.15, -0.1) is 6.58 Å². The summed E-state index contributed by atoms with van der Waals surface area (Å²) in [4.78, 5) is 6.54. The number of hydrogen-bond donors (Lipinski definition) is 1. The molecule has 1 aromatic carbocycles. The quantitative estimate of drug-likeness (QED) is 0.626. The SMILES string of the molecule is C=CC[C@H](C)Oc1cccc([C@@]2(C3C=CC(OC(F)F)=CC3)N=C(N)N(C)C2=C)c1. The summed E-state index contributed by atoms with van der Waals surface area (Å²) in [5.74, 6) is 1.01. The second-order valence-corrected chi connectivity index (χ2v) is 7.41. The van der Waals surface area contributed by atoms with Gasteiger partial charge in [0, 0.05) is 25.1 Å². The standard InChI is InChI=1S/C23H27F2N3O2/c1-5-7-15(2)29-20-9-6-8-18(14-20)23(16(3)28(4)22(26)27-23)17-10-12-19(13-11-17)30-21(24)25/h5-6,8-10,12-15,17,21H,1,3,7,11H2,2,4H3,(H2,26,27)/t15-,17?,23+/m0/s1. The highest BCUT2D eigenvalue weighted by molar-refractivity contribution is 5.84. The fourth-order valence-electron chi connectivity index (χ4n) is 3.88. The Kier molecular flexibility index (Phi) is 6.29. The molecule has 1 aliphatic carbocycles. The van der Waals surface area contributed by atoms with Crippen LogP contribution in [-0.2, 0) is 10.3 Å². The molecular weight excluding hydrogens is 388 g/mol. The second kappa shape index (κ2) is 8.73. The van der Waals surface area contributed by atoms with Gasteiger partial charge < -0.3 is 20.1 Å². The monoisotopic (exact) mass is 415 g/mol. The molecule has 0 spiro atoms. The number of nitrogens with zero attached hydrogens (tertiary/aromatic N) is 2.